The molecule has 10 heteroatoms. The molecule has 0 fully saturated rings. The van der Waals surface area contributed by atoms with Crippen LogP contribution < -0.4 is 9.62 Å². The van der Waals surface area contributed by atoms with Crippen LogP contribution in [0.3, 0.4) is 0 Å². The van der Waals surface area contributed by atoms with Crippen molar-refractivity contribution in [1.29, 1.82) is 0 Å². The second-order valence-corrected chi connectivity index (χ2v) is 9.74. The van der Waals surface area contributed by atoms with Crippen LogP contribution in [0, 0.1) is 0 Å². The minimum absolute atomic E-state index is 0.118. The molecule has 0 bridgehead atoms. The largest absolute Gasteiger partial charge is 0.355 e. The monoisotopic (exact) mass is 485 g/mol. The van der Waals surface area contributed by atoms with E-state index < -0.39 is 28.5 Å². The highest BCUT2D eigenvalue weighted by molar-refractivity contribution is 7.92. The number of benzene rings is 2. The highest BCUT2D eigenvalue weighted by atomic mass is 35.5. The highest BCUT2D eigenvalue weighted by Gasteiger charge is 2.29. The standard InChI is InChI=1S/C21H25Cl2N3O4S/c1-4-24-21(28)15(2)25(13-16-5-7-17(22)8-6-16)20(27)14-26(31(3,29)30)19-11-9-18(23)10-12-19/h5-12,15H,4,13-14H2,1-3H3,(H,24,28). The molecular weight excluding hydrogens is 461 g/mol. The summed E-state index contributed by atoms with van der Waals surface area (Å²) < 4.78 is 25.8. The van der Waals surface area contributed by atoms with Crippen LogP contribution in [-0.4, -0.2) is 50.5 Å². The summed E-state index contributed by atoms with van der Waals surface area (Å²) in [5.74, 6) is -0.851. The van der Waals surface area contributed by atoms with Crippen LogP contribution in [0.4, 0.5) is 5.69 Å². The van der Waals surface area contributed by atoms with E-state index in [0.29, 0.717) is 22.3 Å². The highest BCUT2D eigenvalue weighted by Crippen LogP contribution is 2.21. The number of anilines is 1. The summed E-state index contributed by atoms with van der Waals surface area (Å²) in [4.78, 5) is 27.1. The molecule has 0 aliphatic carbocycles. The van der Waals surface area contributed by atoms with Gasteiger partial charge in [0, 0.05) is 23.1 Å². The molecule has 168 valence electrons. The van der Waals surface area contributed by atoms with E-state index in [1.165, 1.54) is 17.0 Å². The van der Waals surface area contributed by atoms with Crippen LogP contribution in [-0.2, 0) is 26.2 Å². The molecule has 0 aliphatic rings. The SMILES string of the molecule is CCNC(=O)C(C)N(Cc1ccc(Cl)cc1)C(=O)CN(c1ccc(Cl)cc1)S(C)(=O)=O. The maximum atomic E-state index is 13.2. The summed E-state index contributed by atoms with van der Waals surface area (Å²) in [7, 11) is -3.77. The van der Waals surface area contributed by atoms with Crippen LogP contribution in [0.5, 0.6) is 0 Å². The number of sulfonamides is 1. The minimum atomic E-state index is -3.77. The van der Waals surface area contributed by atoms with Gasteiger partial charge in [0.2, 0.25) is 21.8 Å². The van der Waals surface area contributed by atoms with Crippen molar-refractivity contribution < 1.29 is 18.0 Å². The quantitative estimate of drug-likeness (QED) is 0.589. The third-order valence-corrected chi connectivity index (χ3v) is 6.22. The Morgan fingerprint density at radius 2 is 1.52 bits per heavy atom. The molecule has 0 heterocycles. The third kappa shape index (κ3) is 7.12. The van der Waals surface area contributed by atoms with Crippen molar-refractivity contribution >= 4 is 50.7 Å². The third-order valence-electron chi connectivity index (χ3n) is 4.58. The van der Waals surface area contributed by atoms with Crippen molar-refractivity contribution in [2.75, 3.05) is 23.7 Å². The lowest BCUT2D eigenvalue weighted by Crippen LogP contribution is -2.51. The van der Waals surface area contributed by atoms with Crippen molar-refractivity contribution in [1.82, 2.24) is 10.2 Å². The summed E-state index contributed by atoms with van der Waals surface area (Å²) in [5, 5.41) is 3.68. The molecule has 1 N–H and O–H groups in total. The van der Waals surface area contributed by atoms with Crippen molar-refractivity contribution in [3.63, 3.8) is 0 Å². The number of rotatable bonds is 9. The van der Waals surface area contributed by atoms with Gasteiger partial charge in [0.25, 0.3) is 0 Å². The average Bonchev–Trinajstić information content (AvgIpc) is 2.71. The van der Waals surface area contributed by atoms with Crippen molar-refractivity contribution in [3.8, 4) is 0 Å². The maximum absolute atomic E-state index is 13.2. The number of halogens is 2. The topological polar surface area (TPSA) is 86.8 Å². The Morgan fingerprint density at radius 3 is 2.00 bits per heavy atom. The molecular formula is C21H25Cl2N3O4S. The van der Waals surface area contributed by atoms with Gasteiger partial charge < -0.3 is 10.2 Å². The molecule has 7 nitrogen and oxygen atoms in total. The van der Waals surface area contributed by atoms with E-state index in [0.717, 1.165) is 16.1 Å². The molecule has 0 aliphatic heterocycles. The molecule has 0 spiro atoms. The smallest absolute Gasteiger partial charge is 0.244 e. The van der Waals surface area contributed by atoms with Gasteiger partial charge in [0.1, 0.15) is 12.6 Å². The molecule has 2 rings (SSSR count). The summed E-state index contributed by atoms with van der Waals surface area (Å²) in [6.07, 6.45) is 1.02. The Labute approximate surface area is 193 Å². The zero-order valence-corrected chi connectivity index (χ0v) is 19.8. The molecule has 2 aromatic rings. The number of hydrogen-bond donors (Lipinski definition) is 1. The molecule has 0 aromatic heterocycles. The molecule has 2 aromatic carbocycles. The number of likely N-dealkylation sites (N-methyl/N-ethyl adjacent to an activating group) is 1. The molecule has 1 atom stereocenters. The van der Waals surface area contributed by atoms with Crippen LogP contribution in [0.2, 0.25) is 10.0 Å². The van der Waals surface area contributed by atoms with E-state index in [2.05, 4.69) is 5.32 Å². The van der Waals surface area contributed by atoms with E-state index in [-0.39, 0.29) is 12.5 Å². The number of hydrogen-bond acceptors (Lipinski definition) is 4. The molecule has 2 amide bonds. The second-order valence-electron chi connectivity index (χ2n) is 6.96. The lowest BCUT2D eigenvalue weighted by molar-refractivity contribution is -0.139. The average molecular weight is 486 g/mol. The molecule has 0 saturated heterocycles. The first-order valence-electron chi connectivity index (χ1n) is 9.57. The first-order valence-corrected chi connectivity index (χ1v) is 12.2. The normalized spacial score (nSPS) is 12.2. The van der Waals surface area contributed by atoms with E-state index in [1.54, 1.807) is 50.2 Å². The van der Waals surface area contributed by atoms with Gasteiger partial charge in [-0.2, -0.15) is 0 Å². The van der Waals surface area contributed by atoms with Gasteiger partial charge in [0.05, 0.1) is 11.9 Å². The van der Waals surface area contributed by atoms with E-state index in [4.69, 9.17) is 23.2 Å². The lowest BCUT2D eigenvalue weighted by atomic mass is 10.1. The van der Waals surface area contributed by atoms with Crippen LogP contribution in [0.1, 0.15) is 19.4 Å². The van der Waals surface area contributed by atoms with E-state index in [1.807, 2.05) is 0 Å². The number of carbonyl (C=O) groups is 2. The van der Waals surface area contributed by atoms with Gasteiger partial charge in [0.15, 0.2) is 0 Å². The Morgan fingerprint density at radius 1 is 1.00 bits per heavy atom. The van der Waals surface area contributed by atoms with Crippen LogP contribution in [0.15, 0.2) is 48.5 Å². The second kappa shape index (κ2) is 10.8. The van der Waals surface area contributed by atoms with Crippen LogP contribution in [0.25, 0.3) is 0 Å². The number of nitrogens with one attached hydrogen (secondary N) is 1. The lowest BCUT2D eigenvalue weighted by Gasteiger charge is -2.31. The molecule has 0 saturated carbocycles. The number of amides is 2. The Bertz CT molecular complexity index is 1010. The van der Waals surface area contributed by atoms with Gasteiger partial charge in [-0.1, -0.05) is 35.3 Å². The Balaban J connectivity index is 2.35. The maximum Gasteiger partial charge on any atom is 0.244 e. The Hall–Kier alpha value is -2.29. The summed E-state index contributed by atoms with van der Waals surface area (Å²) in [6, 6.07) is 12.2. The molecule has 0 radical (unpaired) electrons. The van der Waals surface area contributed by atoms with Gasteiger partial charge in [-0.25, -0.2) is 8.42 Å². The first kappa shape index (κ1) is 25.0. The number of carbonyl (C=O) groups excluding carboxylic acids is 2. The van der Waals surface area contributed by atoms with Crippen molar-refractivity contribution in [2.24, 2.45) is 0 Å². The summed E-state index contributed by atoms with van der Waals surface area (Å²) in [6.45, 7) is 3.45. The zero-order valence-electron chi connectivity index (χ0n) is 17.5. The number of nitrogens with zero attached hydrogens (tertiary/aromatic N) is 2. The van der Waals surface area contributed by atoms with Gasteiger partial charge in [-0.05, 0) is 55.8 Å². The first-order chi connectivity index (χ1) is 14.5. The fourth-order valence-corrected chi connectivity index (χ4v) is 4.01. The molecule has 1 unspecified atom stereocenters. The predicted octanol–water partition coefficient (Wildman–Crippen LogP) is 3.31. The van der Waals surface area contributed by atoms with Gasteiger partial charge >= 0.3 is 0 Å². The van der Waals surface area contributed by atoms with E-state index >= 15 is 0 Å². The molecule has 31 heavy (non-hydrogen) atoms. The summed E-state index contributed by atoms with van der Waals surface area (Å²) >= 11 is 11.8. The predicted molar refractivity (Wildman–Crippen MR) is 124 cm³/mol. The van der Waals surface area contributed by atoms with Crippen LogP contribution >= 0.6 is 23.2 Å². The van der Waals surface area contributed by atoms with Crippen molar-refractivity contribution in [3.05, 3.63) is 64.1 Å². The van der Waals surface area contributed by atoms with Crippen molar-refractivity contribution in [2.45, 2.75) is 26.4 Å². The van der Waals surface area contributed by atoms with Gasteiger partial charge in [-0.15, -0.1) is 0 Å². The fraction of sp³-hybridized carbons (Fsp3) is 0.333. The zero-order chi connectivity index (χ0) is 23.2. The summed E-state index contributed by atoms with van der Waals surface area (Å²) in [5.41, 5.74) is 1.06. The van der Waals surface area contributed by atoms with Gasteiger partial charge in [-0.3, -0.25) is 13.9 Å². The Kier molecular flexibility index (Phi) is 8.73. The fourth-order valence-electron chi connectivity index (χ4n) is 2.91. The van der Waals surface area contributed by atoms with E-state index in [9.17, 15) is 18.0 Å². The minimum Gasteiger partial charge on any atom is -0.355 e.